The predicted molar refractivity (Wildman–Crippen MR) is 128 cm³/mol. The van der Waals surface area contributed by atoms with Crippen LogP contribution in [0, 0.1) is 11.7 Å². The van der Waals surface area contributed by atoms with Crippen LogP contribution in [0.15, 0.2) is 42.5 Å². The summed E-state index contributed by atoms with van der Waals surface area (Å²) in [7, 11) is 0. The largest absolute Gasteiger partial charge is 0.507 e. The summed E-state index contributed by atoms with van der Waals surface area (Å²) < 4.78 is 19.5. The first kappa shape index (κ1) is 21.6. The number of hydrogen-bond donors (Lipinski definition) is 2. The fourth-order valence-corrected chi connectivity index (χ4v) is 4.68. The van der Waals surface area contributed by atoms with Gasteiger partial charge in [-0.3, -0.25) is 4.79 Å². The van der Waals surface area contributed by atoms with E-state index in [-0.39, 0.29) is 26.4 Å². The Morgan fingerprint density at radius 3 is 2.82 bits per heavy atom. The zero-order chi connectivity index (χ0) is 22.8. The topological polar surface area (TPSA) is 87.6 Å². The highest BCUT2D eigenvalue weighted by molar-refractivity contribution is 5.91. The molecule has 5 rings (SSSR count). The molecule has 1 atom stereocenters. The van der Waals surface area contributed by atoms with Crippen LogP contribution in [0.1, 0.15) is 28.5 Å². The molecule has 3 heterocycles. The van der Waals surface area contributed by atoms with Gasteiger partial charge in [0.15, 0.2) is 5.82 Å². The number of phenols is 1. The molecule has 2 fully saturated rings. The quantitative estimate of drug-likeness (QED) is 0.602. The zero-order valence-corrected chi connectivity index (χ0v) is 18.3. The molecule has 0 radical (unpaired) electrons. The summed E-state index contributed by atoms with van der Waals surface area (Å²) in [6.07, 6.45) is 3.17. The Labute approximate surface area is 194 Å². The van der Waals surface area contributed by atoms with Gasteiger partial charge in [0, 0.05) is 47.0 Å². The number of para-hydroxylation sites is 1. The molecule has 1 aromatic heterocycles. The van der Waals surface area contributed by atoms with Crippen molar-refractivity contribution in [3.8, 4) is 17.1 Å². The van der Waals surface area contributed by atoms with Gasteiger partial charge in [0.25, 0.3) is 0 Å². The molecule has 2 aliphatic rings. The van der Waals surface area contributed by atoms with Crippen LogP contribution in [0.5, 0.6) is 5.75 Å². The van der Waals surface area contributed by atoms with Gasteiger partial charge >= 0.3 is 0 Å². The van der Waals surface area contributed by atoms with Crippen molar-refractivity contribution in [1.82, 2.24) is 15.3 Å². The van der Waals surface area contributed by atoms with E-state index in [9.17, 15) is 14.3 Å². The molecule has 2 aromatic carbocycles. The molecule has 7 nitrogen and oxygen atoms in total. The highest BCUT2D eigenvalue weighted by atomic mass is 19.1. The van der Waals surface area contributed by atoms with Crippen molar-refractivity contribution in [2.24, 2.45) is 5.92 Å². The molecule has 176 valence electrons. The number of fused-ring (bicyclic) bond motifs is 1. The second-order valence-corrected chi connectivity index (χ2v) is 8.81. The van der Waals surface area contributed by atoms with Crippen molar-refractivity contribution in [3.63, 3.8) is 0 Å². The van der Waals surface area contributed by atoms with Crippen molar-refractivity contribution < 1.29 is 21.9 Å². The number of aromatic hydroxyl groups is 1. The van der Waals surface area contributed by atoms with Crippen LogP contribution in [0.3, 0.4) is 0 Å². The van der Waals surface area contributed by atoms with Gasteiger partial charge in [0.05, 0.1) is 11.1 Å². The number of carbonyl (C=O) groups is 1. The standard InChI is InChI=1S/C25H27FN4O3.2H2/c26-17-5-6-21-20(14-17)25(29-24(28-21)19-3-1-2-4-22(19)31)30-10-7-18(15-30)27-23(32)13-16-8-11-33-12-9-16;;/h1-6,14,16,18,31H,7-13,15H2,(H,27,32);2*1H/t18-;;/m0../s1. The highest BCUT2D eigenvalue weighted by Crippen LogP contribution is 2.33. The molecule has 0 saturated carbocycles. The van der Waals surface area contributed by atoms with E-state index >= 15 is 0 Å². The Balaban J connectivity index is 0.00000171. The molecule has 0 unspecified atom stereocenters. The molecule has 8 heteroatoms. The van der Waals surface area contributed by atoms with Crippen molar-refractivity contribution in [2.75, 3.05) is 31.2 Å². The number of nitrogens with one attached hydrogen (secondary N) is 1. The summed E-state index contributed by atoms with van der Waals surface area (Å²) in [5.74, 6) is 1.18. The minimum atomic E-state index is -0.358. The smallest absolute Gasteiger partial charge is 0.220 e. The first-order valence-corrected chi connectivity index (χ1v) is 11.4. The zero-order valence-electron chi connectivity index (χ0n) is 18.3. The molecule has 2 N–H and O–H groups in total. The average molecular weight is 455 g/mol. The number of anilines is 1. The van der Waals surface area contributed by atoms with Crippen molar-refractivity contribution in [3.05, 3.63) is 48.3 Å². The number of halogens is 1. The lowest BCUT2D eigenvalue weighted by atomic mass is 9.96. The fraction of sp³-hybridized carbons (Fsp3) is 0.400. The van der Waals surface area contributed by atoms with Crippen molar-refractivity contribution >= 4 is 22.6 Å². The van der Waals surface area contributed by atoms with Gasteiger partial charge in [-0.1, -0.05) is 12.1 Å². The molecule has 1 amide bonds. The molecule has 33 heavy (non-hydrogen) atoms. The van der Waals surface area contributed by atoms with Crippen LogP contribution in [-0.4, -0.2) is 53.3 Å². The number of benzene rings is 2. The normalized spacial score (nSPS) is 19.2. The van der Waals surface area contributed by atoms with Crippen molar-refractivity contribution in [1.29, 1.82) is 0 Å². The second-order valence-electron chi connectivity index (χ2n) is 8.81. The van der Waals surface area contributed by atoms with Crippen molar-refractivity contribution in [2.45, 2.75) is 31.7 Å². The van der Waals surface area contributed by atoms with Gasteiger partial charge in [-0.25, -0.2) is 14.4 Å². The number of carbonyl (C=O) groups excluding carboxylic acids is 1. The van der Waals surface area contributed by atoms with Gasteiger partial charge in [-0.15, -0.1) is 0 Å². The maximum absolute atomic E-state index is 14.1. The first-order chi connectivity index (χ1) is 16.1. The van der Waals surface area contributed by atoms with Gasteiger partial charge in [0.2, 0.25) is 5.91 Å². The molecule has 3 aromatic rings. The van der Waals surface area contributed by atoms with Crippen LogP contribution in [-0.2, 0) is 9.53 Å². The first-order valence-electron chi connectivity index (χ1n) is 11.4. The highest BCUT2D eigenvalue weighted by Gasteiger charge is 2.28. The number of rotatable bonds is 5. The molecule has 0 bridgehead atoms. The number of aromatic nitrogens is 2. The maximum atomic E-state index is 14.1. The van der Waals surface area contributed by atoms with Gasteiger partial charge in [0.1, 0.15) is 17.4 Å². The van der Waals surface area contributed by atoms with Gasteiger partial charge in [-0.2, -0.15) is 0 Å². The summed E-state index contributed by atoms with van der Waals surface area (Å²) in [4.78, 5) is 23.9. The Bertz CT molecular complexity index is 1180. The minimum Gasteiger partial charge on any atom is -0.507 e. The van der Waals surface area contributed by atoms with Gasteiger partial charge < -0.3 is 20.1 Å². The number of amides is 1. The Hall–Kier alpha value is -3.26. The van der Waals surface area contributed by atoms with Crippen LogP contribution >= 0.6 is 0 Å². The molecule has 2 saturated heterocycles. The fourth-order valence-electron chi connectivity index (χ4n) is 4.68. The lowest BCUT2D eigenvalue weighted by Gasteiger charge is -2.23. The number of phenolic OH excluding ortho intramolecular Hbond substituents is 1. The molecule has 0 aliphatic carbocycles. The van der Waals surface area contributed by atoms with Crippen LogP contribution in [0.25, 0.3) is 22.3 Å². The van der Waals surface area contributed by atoms with E-state index in [1.807, 2.05) is 6.07 Å². The summed E-state index contributed by atoms with van der Waals surface area (Å²) >= 11 is 0. The SMILES string of the molecule is O=C(CC1CCOCC1)N[C@H]1CCN(c2nc(-c3ccccc3O)nc3ccc(F)cc23)C1.[HH].[HH]. The summed E-state index contributed by atoms with van der Waals surface area (Å²) in [5.41, 5.74) is 1.12. The third kappa shape index (κ3) is 4.75. The van der Waals surface area contributed by atoms with E-state index in [0.717, 1.165) is 32.5 Å². The van der Waals surface area contributed by atoms with E-state index in [2.05, 4.69) is 15.2 Å². The number of nitrogens with zero attached hydrogens (tertiary/aromatic N) is 3. The Kier molecular flexibility index (Phi) is 6.09. The lowest BCUT2D eigenvalue weighted by molar-refractivity contribution is -0.123. The second kappa shape index (κ2) is 9.31. The van der Waals surface area contributed by atoms with E-state index in [1.54, 1.807) is 24.3 Å². The Morgan fingerprint density at radius 1 is 1.18 bits per heavy atom. The van der Waals surface area contributed by atoms with E-state index in [4.69, 9.17) is 9.72 Å². The van der Waals surface area contributed by atoms with Gasteiger partial charge in [-0.05, 0) is 55.5 Å². The van der Waals surface area contributed by atoms with E-state index in [0.29, 0.717) is 53.5 Å². The number of ether oxygens (including phenoxy) is 1. The Morgan fingerprint density at radius 2 is 2.00 bits per heavy atom. The summed E-state index contributed by atoms with van der Waals surface area (Å²) in [6, 6.07) is 11.3. The van der Waals surface area contributed by atoms with Crippen LogP contribution in [0.4, 0.5) is 10.2 Å². The summed E-state index contributed by atoms with van der Waals surface area (Å²) in [6.45, 7) is 2.73. The average Bonchev–Trinajstić information content (AvgIpc) is 3.27. The molecular weight excluding hydrogens is 423 g/mol. The third-order valence-electron chi connectivity index (χ3n) is 6.45. The molecule has 0 spiro atoms. The van der Waals surface area contributed by atoms with Crippen LogP contribution < -0.4 is 10.2 Å². The van der Waals surface area contributed by atoms with E-state index < -0.39 is 0 Å². The number of hydrogen-bond acceptors (Lipinski definition) is 6. The van der Waals surface area contributed by atoms with E-state index in [1.165, 1.54) is 12.1 Å². The maximum Gasteiger partial charge on any atom is 0.220 e. The predicted octanol–water partition coefficient (Wildman–Crippen LogP) is 4.15. The van der Waals surface area contributed by atoms with Crippen LogP contribution in [0.2, 0.25) is 0 Å². The monoisotopic (exact) mass is 454 g/mol. The third-order valence-corrected chi connectivity index (χ3v) is 6.45. The molecule has 2 aliphatic heterocycles. The minimum absolute atomic E-state index is 0. The lowest BCUT2D eigenvalue weighted by Crippen LogP contribution is -2.38. The summed E-state index contributed by atoms with van der Waals surface area (Å²) in [5, 5.41) is 14.1. The molecular formula is C25H31FN4O3.